The normalized spacial score (nSPS) is 9.74. The Morgan fingerprint density at radius 3 is 2.84 bits per heavy atom. The molecule has 0 spiro atoms. The maximum Gasteiger partial charge on any atom is 1.00 e. The second-order valence-corrected chi connectivity index (χ2v) is 4.70. The maximum absolute atomic E-state index is 11.3. The molecule has 0 aliphatic carbocycles. The molecule has 0 unspecified atom stereocenters. The van der Waals surface area contributed by atoms with Gasteiger partial charge in [0, 0.05) is 0 Å². The van der Waals surface area contributed by atoms with Crippen LogP contribution in [0.25, 0.3) is 10.2 Å². The van der Waals surface area contributed by atoms with Crippen molar-refractivity contribution in [3.8, 4) is 0 Å². The van der Waals surface area contributed by atoms with E-state index in [1.165, 1.54) is 11.3 Å². The third-order valence-electron chi connectivity index (χ3n) is 2.16. The topological polar surface area (TPSA) is 94.2 Å². The van der Waals surface area contributed by atoms with Crippen molar-refractivity contribution in [3.63, 3.8) is 0 Å². The molecule has 0 saturated heterocycles. The summed E-state index contributed by atoms with van der Waals surface area (Å²) in [6.45, 7) is 1.44. The van der Waals surface area contributed by atoms with Crippen LogP contribution < -0.4 is 67.1 Å². The van der Waals surface area contributed by atoms with E-state index >= 15 is 0 Å². The fourth-order valence-electron chi connectivity index (χ4n) is 1.38. The van der Waals surface area contributed by atoms with Gasteiger partial charge in [0.1, 0.15) is 0 Å². The number of thiazole rings is 1. The van der Waals surface area contributed by atoms with Gasteiger partial charge >= 0.3 is 57.4 Å². The summed E-state index contributed by atoms with van der Waals surface area (Å²) in [5.41, 5.74) is 1.90. The Bertz CT molecular complexity index is 614. The predicted octanol–water partition coefficient (Wildman–Crippen LogP) is -2.52. The summed E-state index contributed by atoms with van der Waals surface area (Å²) in [4.78, 5) is 25.7. The van der Waals surface area contributed by atoms with Crippen molar-refractivity contribution >= 4 is 38.7 Å². The number of hydrogen-bond donors (Lipinski definition) is 2. The molecule has 0 radical (unpaired) electrons. The van der Waals surface area contributed by atoms with Gasteiger partial charge in [0.15, 0.2) is 5.13 Å². The Hall–Kier alpha value is -0.514. The number of aromatic nitrogens is 1. The molecule has 0 aliphatic rings. The number of aliphatic carboxylic acids is 1. The number of urea groups is 1. The molecule has 2 N–H and O–H groups in total. The first-order valence-corrected chi connectivity index (χ1v) is 5.98. The van der Waals surface area contributed by atoms with E-state index in [2.05, 4.69) is 15.6 Å². The summed E-state index contributed by atoms with van der Waals surface area (Å²) in [6, 6.07) is 5.15. The van der Waals surface area contributed by atoms with E-state index in [0.29, 0.717) is 5.13 Å². The zero-order valence-electron chi connectivity index (χ0n) is 10.5. The van der Waals surface area contributed by atoms with Gasteiger partial charge in [-0.25, -0.2) is 9.78 Å². The quantitative estimate of drug-likeness (QED) is 0.612. The van der Waals surface area contributed by atoms with E-state index in [4.69, 9.17) is 0 Å². The number of nitrogens with one attached hydrogen (secondary N) is 2. The Labute approximate surface area is 156 Å². The summed E-state index contributed by atoms with van der Waals surface area (Å²) in [7, 11) is 0. The summed E-state index contributed by atoms with van der Waals surface area (Å²) in [5.74, 6) is -1.34. The molecule has 2 amide bonds. The average molecular weight is 303 g/mol. The summed E-state index contributed by atoms with van der Waals surface area (Å²) in [5, 5.41) is 15.2. The molecular formula is C11H10KN3O3S. The first kappa shape index (κ1) is 16.5. The molecule has 1 aromatic heterocycles. The second-order valence-electron chi connectivity index (χ2n) is 3.67. The van der Waals surface area contributed by atoms with Crippen molar-refractivity contribution in [1.82, 2.24) is 10.3 Å². The summed E-state index contributed by atoms with van der Waals surface area (Å²) in [6.07, 6.45) is 0. The zero-order chi connectivity index (χ0) is 13.1. The zero-order valence-corrected chi connectivity index (χ0v) is 14.5. The molecule has 94 valence electrons. The molecular weight excluding hydrogens is 293 g/mol. The van der Waals surface area contributed by atoms with E-state index in [1.54, 1.807) is 0 Å². The van der Waals surface area contributed by atoms with Crippen LogP contribution in [0.1, 0.15) is 5.56 Å². The molecule has 2 aromatic rings. The number of rotatable bonds is 3. The third kappa shape index (κ3) is 4.82. The van der Waals surface area contributed by atoms with Crippen LogP contribution in [-0.2, 0) is 4.79 Å². The number of fused-ring (bicyclic) bond motifs is 1. The van der Waals surface area contributed by atoms with Crippen LogP contribution in [0.15, 0.2) is 18.2 Å². The van der Waals surface area contributed by atoms with E-state index in [9.17, 15) is 14.7 Å². The summed E-state index contributed by atoms with van der Waals surface area (Å²) < 4.78 is 0.963. The minimum absolute atomic E-state index is 0. The standard InChI is InChI=1S/C11H11N3O3S.K/c1-6-2-3-7-8(4-6)18-11(13-7)14-10(17)12-5-9(15)16;/h2-4H,5H2,1H3,(H,15,16)(H2,12,13,14,17);/q;+1/p-1. The van der Waals surface area contributed by atoms with Gasteiger partial charge < -0.3 is 15.2 Å². The number of benzene rings is 1. The Kier molecular flexibility index (Phi) is 6.37. The van der Waals surface area contributed by atoms with Crippen molar-refractivity contribution in [2.45, 2.75) is 6.92 Å². The second kappa shape index (κ2) is 7.32. The molecule has 0 saturated carbocycles. The Balaban J connectivity index is 0.00000180. The molecule has 6 nitrogen and oxygen atoms in total. The van der Waals surface area contributed by atoms with Crippen molar-refractivity contribution in [1.29, 1.82) is 0 Å². The minimum Gasteiger partial charge on any atom is -0.548 e. The van der Waals surface area contributed by atoms with Crippen molar-refractivity contribution in [3.05, 3.63) is 23.8 Å². The van der Waals surface area contributed by atoms with E-state index in [1.807, 2.05) is 25.1 Å². The molecule has 1 aromatic carbocycles. The first-order valence-electron chi connectivity index (χ1n) is 5.16. The summed E-state index contributed by atoms with van der Waals surface area (Å²) >= 11 is 1.33. The van der Waals surface area contributed by atoms with Gasteiger partial charge in [-0.05, 0) is 24.6 Å². The molecule has 1 heterocycles. The number of carbonyl (C=O) groups excluding carboxylic acids is 2. The number of amides is 2. The number of nitrogens with zero attached hydrogens (tertiary/aromatic N) is 1. The minimum atomic E-state index is -1.34. The maximum atomic E-state index is 11.3. The third-order valence-corrected chi connectivity index (χ3v) is 3.09. The van der Waals surface area contributed by atoms with E-state index in [0.717, 1.165) is 15.8 Å². The van der Waals surface area contributed by atoms with Crippen LogP contribution in [0.5, 0.6) is 0 Å². The number of carboxylic acids is 1. The Morgan fingerprint density at radius 1 is 1.42 bits per heavy atom. The van der Waals surface area contributed by atoms with E-state index in [-0.39, 0.29) is 51.4 Å². The predicted molar refractivity (Wildman–Crippen MR) is 66.4 cm³/mol. The van der Waals surface area contributed by atoms with Crippen LogP contribution in [0.4, 0.5) is 9.93 Å². The Morgan fingerprint density at radius 2 is 2.16 bits per heavy atom. The molecule has 0 aliphatic heterocycles. The average Bonchev–Trinajstić information content (AvgIpc) is 2.67. The monoisotopic (exact) mass is 303 g/mol. The van der Waals surface area contributed by atoms with Crippen LogP contribution >= 0.6 is 11.3 Å². The van der Waals surface area contributed by atoms with Gasteiger partial charge in [-0.1, -0.05) is 17.4 Å². The van der Waals surface area contributed by atoms with E-state index < -0.39 is 18.5 Å². The number of anilines is 1. The van der Waals surface area contributed by atoms with Crippen LogP contribution in [0.2, 0.25) is 0 Å². The molecule has 0 atom stereocenters. The molecule has 0 fully saturated rings. The number of hydrogen-bond acceptors (Lipinski definition) is 5. The van der Waals surface area contributed by atoms with Gasteiger partial charge in [0.25, 0.3) is 0 Å². The first-order chi connectivity index (χ1) is 8.54. The number of aryl methyl sites for hydroxylation is 1. The van der Waals surface area contributed by atoms with Gasteiger partial charge in [-0.3, -0.25) is 5.32 Å². The van der Waals surface area contributed by atoms with Crippen molar-refractivity contribution < 1.29 is 66.1 Å². The fourth-order valence-corrected chi connectivity index (χ4v) is 2.34. The van der Waals surface area contributed by atoms with Crippen LogP contribution in [-0.4, -0.2) is 23.5 Å². The van der Waals surface area contributed by atoms with Gasteiger partial charge in [-0.2, -0.15) is 0 Å². The molecule has 0 bridgehead atoms. The van der Waals surface area contributed by atoms with Crippen molar-refractivity contribution in [2.75, 3.05) is 11.9 Å². The molecule has 2 rings (SSSR count). The van der Waals surface area contributed by atoms with Crippen LogP contribution in [0.3, 0.4) is 0 Å². The molecule has 19 heavy (non-hydrogen) atoms. The van der Waals surface area contributed by atoms with Crippen molar-refractivity contribution in [2.24, 2.45) is 0 Å². The number of carboxylic acid groups (broad SMARTS) is 1. The molecule has 8 heteroatoms. The SMILES string of the molecule is Cc1ccc2nc(NC(=O)NCC(=O)[O-])sc2c1.[K+]. The largest absolute Gasteiger partial charge is 1.00 e. The van der Waals surface area contributed by atoms with Gasteiger partial charge in [0.2, 0.25) is 0 Å². The number of carbonyl (C=O) groups is 2. The van der Waals surface area contributed by atoms with Gasteiger partial charge in [0.05, 0.1) is 22.7 Å². The van der Waals surface area contributed by atoms with Crippen LogP contribution in [0, 0.1) is 6.92 Å². The smallest absolute Gasteiger partial charge is 0.548 e. The van der Waals surface area contributed by atoms with Gasteiger partial charge in [-0.15, -0.1) is 0 Å². The fraction of sp³-hybridized carbons (Fsp3) is 0.182.